The number of benzene rings is 1. The summed E-state index contributed by atoms with van der Waals surface area (Å²) in [6.45, 7) is 8.59. The van der Waals surface area contributed by atoms with Crippen molar-refractivity contribution in [2.75, 3.05) is 31.1 Å². The summed E-state index contributed by atoms with van der Waals surface area (Å²) in [7, 11) is 0. The molecule has 0 N–H and O–H groups in total. The van der Waals surface area contributed by atoms with Gasteiger partial charge in [0.1, 0.15) is 6.07 Å². The molecule has 2 rings (SSSR count). The molecule has 1 aromatic rings. The molecule has 0 unspecified atom stereocenters. The zero-order valence-corrected chi connectivity index (χ0v) is 12.4. The maximum Gasteiger partial charge on any atom is 0.101 e. The second kappa shape index (κ2) is 5.73. The molecule has 18 heavy (non-hydrogen) atoms. The summed E-state index contributed by atoms with van der Waals surface area (Å²) in [5.74, 6) is 0. The number of halogens is 1. The molecule has 96 valence electrons. The number of nitrogens with zero attached hydrogens (tertiary/aromatic N) is 3. The van der Waals surface area contributed by atoms with Crippen LogP contribution in [0.15, 0.2) is 22.7 Å². The smallest absolute Gasteiger partial charge is 0.101 e. The van der Waals surface area contributed by atoms with Gasteiger partial charge < -0.3 is 4.90 Å². The molecule has 0 aliphatic carbocycles. The van der Waals surface area contributed by atoms with Crippen LogP contribution < -0.4 is 4.90 Å². The predicted molar refractivity (Wildman–Crippen MR) is 77.8 cm³/mol. The largest absolute Gasteiger partial charge is 0.368 e. The van der Waals surface area contributed by atoms with E-state index < -0.39 is 0 Å². The van der Waals surface area contributed by atoms with E-state index in [1.807, 2.05) is 18.2 Å². The maximum atomic E-state index is 9.21. The van der Waals surface area contributed by atoms with Crippen molar-refractivity contribution in [2.24, 2.45) is 0 Å². The standard InChI is InChI=1S/C14H18BrN3/c1-11(2)17-5-7-18(8-6-17)14-4-3-13(15)9-12(14)10-16/h3-4,9,11H,5-8H2,1-2H3. The molecule has 1 aromatic carbocycles. The Balaban J connectivity index is 2.13. The second-order valence-electron chi connectivity index (χ2n) is 4.89. The number of rotatable bonds is 2. The molecule has 0 amide bonds. The van der Waals surface area contributed by atoms with Gasteiger partial charge in [-0.2, -0.15) is 5.26 Å². The highest BCUT2D eigenvalue weighted by atomic mass is 79.9. The minimum atomic E-state index is 0.604. The topological polar surface area (TPSA) is 30.3 Å². The summed E-state index contributed by atoms with van der Waals surface area (Å²) in [4.78, 5) is 4.78. The molecule has 1 saturated heterocycles. The van der Waals surface area contributed by atoms with E-state index in [0.717, 1.165) is 41.9 Å². The van der Waals surface area contributed by atoms with Crippen molar-refractivity contribution in [3.8, 4) is 6.07 Å². The first kappa shape index (κ1) is 13.4. The third-order valence-electron chi connectivity index (χ3n) is 3.46. The Kier molecular flexibility index (Phi) is 4.26. The summed E-state index contributed by atoms with van der Waals surface area (Å²) in [5.41, 5.74) is 1.81. The van der Waals surface area contributed by atoms with Gasteiger partial charge in [0.15, 0.2) is 0 Å². The minimum absolute atomic E-state index is 0.604. The Bertz CT molecular complexity index is 457. The van der Waals surface area contributed by atoms with Gasteiger partial charge in [-0.3, -0.25) is 4.90 Å². The third-order valence-corrected chi connectivity index (χ3v) is 3.96. The van der Waals surface area contributed by atoms with Crippen molar-refractivity contribution in [2.45, 2.75) is 19.9 Å². The number of hydrogen-bond acceptors (Lipinski definition) is 3. The van der Waals surface area contributed by atoms with Crippen LogP contribution in [0.5, 0.6) is 0 Å². The summed E-state index contributed by atoms with van der Waals surface area (Å²) in [6.07, 6.45) is 0. The van der Waals surface area contributed by atoms with Crippen LogP contribution in [-0.4, -0.2) is 37.1 Å². The number of hydrogen-bond donors (Lipinski definition) is 0. The van der Waals surface area contributed by atoms with Crippen LogP contribution in [0.25, 0.3) is 0 Å². The van der Waals surface area contributed by atoms with Crippen LogP contribution in [0.1, 0.15) is 19.4 Å². The fraction of sp³-hybridized carbons (Fsp3) is 0.500. The normalized spacial score (nSPS) is 16.9. The van der Waals surface area contributed by atoms with Gasteiger partial charge >= 0.3 is 0 Å². The zero-order chi connectivity index (χ0) is 13.1. The van der Waals surface area contributed by atoms with E-state index in [1.165, 1.54) is 0 Å². The Morgan fingerprint density at radius 2 is 1.89 bits per heavy atom. The van der Waals surface area contributed by atoms with Gasteiger partial charge in [0.05, 0.1) is 11.3 Å². The molecule has 0 atom stereocenters. The van der Waals surface area contributed by atoms with Crippen molar-refractivity contribution in [1.29, 1.82) is 5.26 Å². The fourth-order valence-electron chi connectivity index (χ4n) is 2.35. The first-order chi connectivity index (χ1) is 8.61. The molecule has 1 fully saturated rings. The van der Waals surface area contributed by atoms with E-state index >= 15 is 0 Å². The van der Waals surface area contributed by atoms with E-state index in [4.69, 9.17) is 0 Å². The predicted octanol–water partition coefficient (Wildman–Crippen LogP) is 2.85. The van der Waals surface area contributed by atoms with Crippen LogP contribution in [0, 0.1) is 11.3 Å². The lowest BCUT2D eigenvalue weighted by molar-refractivity contribution is 0.209. The number of nitriles is 1. The quantitative estimate of drug-likeness (QED) is 0.841. The lowest BCUT2D eigenvalue weighted by Crippen LogP contribution is -2.49. The average Bonchev–Trinajstić information content (AvgIpc) is 2.38. The summed E-state index contributed by atoms with van der Waals surface area (Å²) < 4.78 is 0.962. The minimum Gasteiger partial charge on any atom is -0.368 e. The molecular formula is C14H18BrN3. The first-order valence-electron chi connectivity index (χ1n) is 6.30. The van der Waals surface area contributed by atoms with Crippen LogP contribution in [-0.2, 0) is 0 Å². The molecule has 0 aromatic heterocycles. The Morgan fingerprint density at radius 1 is 1.22 bits per heavy atom. The molecule has 1 aliphatic heterocycles. The van der Waals surface area contributed by atoms with Gasteiger partial charge in [-0.1, -0.05) is 15.9 Å². The highest BCUT2D eigenvalue weighted by molar-refractivity contribution is 9.10. The van der Waals surface area contributed by atoms with Crippen molar-refractivity contribution in [1.82, 2.24) is 4.90 Å². The first-order valence-corrected chi connectivity index (χ1v) is 7.10. The van der Waals surface area contributed by atoms with Crippen molar-refractivity contribution >= 4 is 21.6 Å². The van der Waals surface area contributed by atoms with Gasteiger partial charge in [-0.15, -0.1) is 0 Å². The van der Waals surface area contributed by atoms with E-state index in [0.29, 0.717) is 6.04 Å². The summed E-state index contributed by atoms with van der Waals surface area (Å²) in [6, 6.07) is 8.82. The lowest BCUT2D eigenvalue weighted by Gasteiger charge is -2.38. The Hall–Kier alpha value is -1.05. The van der Waals surface area contributed by atoms with Crippen LogP contribution >= 0.6 is 15.9 Å². The Labute approximate surface area is 117 Å². The molecule has 0 radical (unpaired) electrons. The maximum absolute atomic E-state index is 9.21. The van der Waals surface area contributed by atoms with Gasteiger partial charge in [0.25, 0.3) is 0 Å². The van der Waals surface area contributed by atoms with Crippen LogP contribution in [0.4, 0.5) is 5.69 Å². The monoisotopic (exact) mass is 307 g/mol. The Morgan fingerprint density at radius 3 is 2.44 bits per heavy atom. The van der Waals surface area contributed by atoms with Crippen molar-refractivity contribution in [3.05, 3.63) is 28.2 Å². The lowest BCUT2D eigenvalue weighted by atomic mass is 10.1. The highest BCUT2D eigenvalue weighted by Gasteiger charge is 2.20. The molecule has 0 saturated carbocycles. The molecule has 0 spiro atoms. The molecule has 0 bridgehead atoms. The van der Waals surface area contributed by atoms with Gasteiger partial charge in [0.2, 0.25) is 0 Å². The molecule has 1 heterocycles. The molecule has 1 aliphatic rings. The molecule has 4 heteroatoms. The van der Waals surface area contributed by atoms with E-state index in [-0.39, 0.29) is 0 Å². The average molecular weight is 308 g/mol. The van der Waals surface area contributed by atoms with Crippen LogP contribution in [0.3, 0.4) is 0 Å². The van der Waals surface area contributed by atoms with Crippen LogP contribution in [0.2, 0.25) is 0 Å². The van der Waals surface area contributed by atoms with Gasteiger partial charge in [0, 0.05) is 36.7 Å². The highest BCUT2D eigenvalue weighted by Crippen LogP contribution is 2.25. The fourth-order valence-corrected chi connectivity index (χ4v) is 2.71. The third kappa shape index (κ3) is 2.85. The number of anilines is 1. The van der Waals surface area contributed by atoms with E-state index in [9.17, 15) is 5.26 Å². The summed E-state index contributed by atoms with van der Waals surface area (Å²) in [5, 5.41) is 9.21. The second-order valence-corrected chi connectivity index (χ2v) is 5.81. The van der Waals surface area contributed by atoms with Gasteiger partial charge in [-0.25, -0.2) is 0 Å². The van der Waals surface area contributed by atoms with E-state index in [2.05, 4.69) is 45.6 Å². The molecule has 3 nitrogen and oxygen atoms in total. The van der Waals surface area contributed by atoms with Crippen molar-refractivity contribution < 1.29 is 0 Å². The number of piperazine rings is 1. The van der Waals surface area contributed by atoms with Gasteiger partial charge in [-0.05, 0) is 32.0 Å². The zero-order valence-electron chi connectivity index (χ0n) is 10.9. The SMILES string of the molecule is CC(C)N1CCN(c2ccc(Br)cc2C#N)CC1. The van der Waals surface area contributed by atoms with Crippen molar-refractivity contribution in [3.63, 3.8) is 0 Å². The summed E-state index contributed by atoms with van der Waals surface area (Å²) >= 11 is 3.41. The van der Waals surface area contributed by atoms with E-state index in [1.54, 1.807) is 0 Å². The molecular weight excluding hydrogens is 290 g/mol.